The Hall–Kier alpha value is -2.34. The van der Waals surface area contributed by atoms with Gasteiger partial charge in [0.15, 0.2) is 5.82 Å². The van der Waals surface area contributed by atoms with Gasteiger partial charge in [0.25, 0.3) is 0 Å². The summed E-state index contributed by atoms with van der Waals surface area (Å²) < 4.78 is 0. The number of benzene rings is 1. The van der Waals surface area contributed by atoms with Crippen molar-refractivity contribution in [3.63, 3.8) is 0 Å². The first-order valence-electron chi connectivity index (χ1n) is 8.81. The number of nitrogens with zero attached hydrogens (tertiary/aromatic N) is 3. The largest absolute Gasteiger partial charge is 0.351 e. The van der Waals surface area contributed by atoms with Gasteiger partial charge >= 0.3 is 0 Å². The normalized spacial score (nSPS) is 17.5. The molecule has 5 rings (SSSR count). The van der Waals surface area contributed by atoms with Crippen LogP contribution in [0.4, 0.5) is 17.6 Å². The van der Waals surface area contributed by atoms with Crippen molar-refractivity contribution in [2.24, 2.45) is 0 Å². The number of hydrogen-bond donors (Lipinski definition) is 3. The molecule has 0 spiro atoms. The first-order valence-corrected chi connectivity index (χ1v) is 9.18. The Morgan fingerprint density at radius 1 is 1.08 bits per heavy atom. The third kappa shape index (κ3) is 3.02. The SMILES string of the molecule is Clc1ccc2nc(NC3CCC3)nc(Nc3cc(C4CC4)[nH]n3)c2c1. The van der Waals surface area contributed by atoms with Gasteiger partial charge in [-0.25, -0.2) is 4.98 Å². The molecule has 2 aliphatic rings. The second kappa shape index (κ2) is 5.88. The van der Waals surface area contributed by atoms with Crippen LogP contribution in [0.15, 0.2) is 24.3 Å². The van der Waals surface area contributed by atoms with Crippen molar-refractivity contribution < 1.29 is 0 Å². The maximum Gasteiger partial charge on any atom is 0.225 e. The van der Waals surface area contributed by atoms with Crippen molar-refractivity contribution in [2.75, 3.05) is 10.6 Å². The summed E-state index contributed by atoms with van der Waals surface area (Å²) >= 11 is 6.18. The van der Waals surface area contributed by atoms with Crippen LogP contribution in [-0.4, -0.2) is 26.2 Å². The lowest BCUT2D eigenvalue weighted by Gasteiger charge is -2.26. The molecule has 3 aromatic rings. The van der Waals surface area contributed by atoms with E-state index in [4.69, 9.17) is 11.6 Å². The zero-order chi connectivity index (χ0) is 16.8. The number of rotatable bonds is 5. The average molecular weight is 355 g/mol. The third-order valence-electron chi connectivity index (χ3n) is 4.96. The Morgan fingerprint density at radius 2 is 1.96 bits per heavy atom. The molecule has 2 heterocycles. The molecule has 25 heavy (non-hydrogen) atoms. The van der Waals surface area contributed by atoms with E-state index in [2.05, 4.69) is 36.9 Å². The summed E-state index contributed by atoms with van der Waals surface area (Å²) in [6, 6.07) is 8.21. The highest BCUT2D eigenvalue weighted by Crippen LogP contribution is 2.40. The lowest BCUT2D eigenvalue weighted by molar-refractivity contribution is 0.443. The zero-order valence-electron chi connectivity index (χ0n) is 13.7. The number of hydrogen-bond acceptors (Lipinski definition) is 5. The first kappa shape index (κ1) is 15.0. The summed E-state index contributed by atoms with van der Waals surface area (Å²) in [7, 11) is 0. The van der Waals surface area contributed by atoms with Gasteiger partial charge in [0.2, 0.25) is 5.95 Å². The molecule has 7 heteroatoms. The second-order valence-corrected chi connectivity index (χ2v) is 7.37. The average Bonchev–Trinajstić information content (AvgIpc) is 3.31. The van der Waals surface area contributed by atoms with Crippen molar-refractivity contribution in [3.05, 3.63) is 35.0 Å². The van der Waals surface area contributed by atoms with Crippen molar-refractivity contribution in [1.82, 2.24) is 20.2 Å². The van der Waals surface area contributed by atoms with Crippen LogP contribution in [0.2, 0.25) is 5.02 Å². The molecule has 0 unspecified atom stereocenters. The van der Waals surface area contributed by atoms with E-state index in [-0.39, 0.29) is 0 Å². The van der Waals surface area contributed by atoms with Gasteiger partial charge in [-0.05, 0) is 50.3 Å². The van der Waals surface area contributed by atoms with Gasteiger partial charge in [-0.1, -0.05) is 11.6 Å². The number of anilines is 3. The standard InChI is InChI=1S/C18H19ClN6/c19-11-6-7-14-13(8-11)17(23-18(21-14)20-12-2-1-3-12)22-16-9-15(24-25-16)10-4-5-10/h6-10,12H,1-5H2,(H3,20,21,22,23,24,25). The van der Waals surface area contributed by atoms with Crippen molar-refractivity contribution in [1.29, 1.82) is 0 Å². The number of aromatic amines is 1. The summed E-state index contributed by atoms with van der Waals surface area (Å²) in [6.45, 7) is 0. The van der Waals surface area contributed by atoms with Crippen molar-refractivity contribution in [3.8, 4) is 0 Å². The predicted octanol–water partition coefficient (Wildman–Crippen LogP) is 4.59. The molecule has 0 aliphatic heterocycles. The van der Waals surface area contributed by atoms with Gasteiger partial charge < -0.3 is 10.6 Å². The topological polar surface area (TPSA) is 78.5 Å². The molecule has 2 fully saturated rings. The fourth-order valence-electron chi connectivity index (χ4n) is 3.12. The summed E-state index contributed by atoms with van der Waals surface area (Å²) in [5.41, 5.74) is 2.05. The Bertz CT molecular complexity index is 928. The Labute approximate surface area is 150 Å². The van der Waals surface area contributed by atoms with Gasteiger partial charge in [0.1, 0.15) is 5.82 Å². The second-order valence-electron chi connectivity index (χ2n) is 6.94. The molecular weight excluding hydrogens is 336 g/mol. The van der Waals surface area contributed by atoms with E-state index < -0.39 is 0 Å². The lowest BCUT2D eigenvalue weighted by Crippen LogP contribution is -2.28. The van der Waals surface area contributed by atoms with Gasteiger partial charge in [-0.2, -0.15) is 10.1 Å². The molecule has 0 amide bonds. The minimum atomic E-state index is 0.476. The van der Waals surface area contributed by atoms with E-state index in [1.165, 1.54) is 37.8 Å². The Balaban J connectivity index is 1.51. The van der Waals surface area contributed by atoms with E-state index >= 15 is 0 Å². The van der Waals surface area contributed by atoms with Crippen LogP contribution in [0.5, 0.6) is 0 Å². The maximum absolute atomic E-state index is 6.18. The number of nitrogens with one attached hydrogen (secondary N) is 3. The van der Waals surface area contributed by atoms with Crippen LogP contribution < -0.4 is 10.6 Å². The molecule has 0 radical (unpaired) electrons. The molecule has 128 valence electrons. The maximum atomic E-state index is 6.18. The molecule has 2 aliphatic carbocycles. The van der Waals surface area contributed by atoms with Crippen LogP contribution in [-0.2, 0) is 0 Å². The van der Waals surface area contributed by atoms with Gasteiger partial charge in [-0.3, -0.25) is 5.10 Å². The Kier molecular flexibility index (Phi) is 3.52. The van der Waals surface area contributed by atoms with Gasteiger partial charge in [-0.15, -0.1) is 0 Å². The third-order valence-corrected chi connectivity index (χ3v) is 5.19. The molecule has 6 nitrogen and oxygen atoms in total. The van der Waals surface area contributed by atoms with Gasteiger partial charge in [0, 0.05) is 34.1 Å². The summed E-state index contributed by atoms with van der Waals surface area (Å²) in [6.07, 6.45) is 6.10. The molecule has 2 saturated carbocycles. The van der Waals surface area contributed by atoms with Gasteiger partial charge in [0.05, 0.1) is 5.52 Å². The summed E-state index contributed by atoms with van der Waals surface area (Å²) in [5, 5.41) is 15.8. The van der Waals surface area contributed by atoms with Crippen LogP contribution >= 0.6 is 11.6 Å². The molecule has 1 aromatic carbocycles. The molecule has 0 bridgehead atoms. The van der Waals surface area contributed by atoms with E-state index in [9.17, 15) is 0 Å². The first-order chi connectivity index (χ1) is 12.2. The smallest absolute Gasteiger partial charge is 0.225 e. The minimum absolute atomic E-state index is 0.476. The Morgan fingerprint density at radius 3 is 2.72 bits per heavy atom. The van der Waals surface area contributed by atoms with Crippen molar-refractivity contribution in [2.45, 2.75) is 44.1 Å². The zero-order valence-corrected chi connectivity index (χ0v) is 14.5. The molecule has 2 aromatic heterocycles. The highest BCUT2D eigenvalue weighted by Gasteiger charge is 2.25. The number of fused-ring (bicyclic) bond motifs is 1. The molecular formula is C18H19ClN6. The lowest BCUT2D eigenvalue weighted by atomic mass is 9.93. The fraction of sp³-hybridized carbons (Fsp3) is 0.389. The van der Waals surface area contributed by atoms with E-state index in [0.717, 1.165) is 22.5 Å². The van der Waals surface area contributed by atoms with Crippen LogP contribution in [0, 0.1) is 0 Å². The highest BCUT2D eigenvalue weighted by atomic mass is 35.5. The monoisotopic (exact) mass is 354 g/mol. The van der Waals surface area contributed by atoms with Crippen LogP contribution in [0.25, 0.3) is 10.9 Å². The summed E-state index contributed by atoms with van der Waals surface area (Å²) in [5.74, 6) is 2.79. The molecule has 0 saturated heterocycles. The fourth-order valence-corrected chi connectivity index (χ4v) is 3.29. The van der Waals surface area contributed by atoms with E-state index in [0.29, 0.717) is 22.9 Å². The number of halogens is 1. The minimum Gasteiger partial charge on any atom is -0.351 e. The van der Waals surface area contributed by atoms with Crippen LogP contribution in [0.1, 0.15) is 43.7 Å². The number of aromatic nitrogens is 4. The highest BCUT2D eigenvalue weighted by molar-refractivity contribution is 6.31. The quantitative estimate of drug-likeness (QED) is 0.624. The predicted molar refractivity (Wildman–Crippen MR) is 99.7 cm³/mol. The van der Waals surface area contributed by atoms with E-state index in [1.807, 2.05) is 18.2 Å². The number of H-pyrrole nitrogens is 1. The summed E-state index contributed by atoms with van der Waals surface area (Å²) in [4.78, 5) is 9.32. The molecule has 3 N–H and O–H groups in total. The van der Waals surface area contributed by atoms with Crippen LogP contribution in [0.3, 0.4) is 0 Å². The van der Waals surface area contributed by atoms with Crippen molar-refractivity contribution >= 4 is 40.1 Å². The molecule has 0 atom stereocenters. The van der Waals surface area contributed by atoms with E-state index in [1.54, 1.807) is 0 Å².